The van der Waals surface area contributed by atoms with Crippen LogP contribution < -0.4 is 19.5 Å². The van der Waals surface area contributed by atoms with Crippen molar-refractivity contribution in [3.05, 3.63) is 88.5 Å². The number of aryl methyl sites for hydroxylation is 2. The first-order valence-electron chi connectivity index (χ1n) is 10.4. The molecule has 0 spiro atoms. The number of nitriles is 1. The minimum absolute atomic E-state index is 0.0762. The minimum Gasteiger partial charge on any atom is -0.497 e. The Morgan fingerprint density at radius 1 is 0.912 bits per heavy atom. The highest BCUT2D eigenvalue weighted by atomic mass is 16.6. The molecule has 1 N–H and O–H groups in total. The second-order valence-corrected chi connectivity index (χ2v) is 7.42. The van der Waals surface area contributed by atoms with Crippen LogP contribution in [0.2, 0.25) is 0 Å². The summed E-state index contributed by atoms with van der Waals surface area (Å²) in [5, 5.41) is 12.4. The second-order valence-electron chi connectivity index (χ2n) is 7.42. The van der Waals surface area contributed by atoms with Crippen LogP contribution in [0, 0.1) is 25.2 Å². The van der Waals surface area contributed by atoms with E-state index in [4.69, 9.17) is 14.2 Å². The smallest absolute Gasteiger partial charge is 0.343 e. The molecule has 0 aromatic heterocycles. The predicted molar refractivity (Wildman–Crippen MR) is 129 cm³/mol. The van der Waals surface area contributed by atoms with E-state index in [0.29, 0.717) is 22.6 Å². The maximum absolute atomic E-state index is 12.7. The maximum atomic E-state index is 12.7. The Morgan fingerprint density at radius 3 is 2.18 bits per heavy atom. The molecule has 3 aromatic rings. The van der Waals surface area contributed by atoms with Gasteiger partial charge in [0.05, 0.1) is 19.8 Å². The lowest BCUT2D eigenvalue weighted by Crippen LogP contribution is -2.15. The zero-order chi connectivity index (χ0) is 24.7. The molecule has 0 aliphatic rings. The molecule has 0 unspecified atom stereocenters. The van der Waals surface area contributed by atoms with E-state index in [1.54, 1.807) is 49.6 Å². The number of hydrogen-bond acceptors (Lipinski definition) is 6. The number of nitrogens with zero attached hydrogens (tertiary/aromatic N) is 1. The van der Waals surface area contributed by atoms with Crippen LogP contribution in [-0.2, 0) is 4.79 Å². The number of carbonyl (C=O) groups excluding carboxylic acids is 2. The highest BCUT2D eigenvalue weighted by molar-refractivity contribution is 6.10. The van der Waals surface area contributed by atoms with Crippen molar-refractivity contribution in [3.8, 4) is 23.3 Å². The first kappa shape index (κ1) is 24.1. The third-order valence-corrected chi connectivity index (χ3v) is 5.11. The monoisotopic (exact) mass is 456 g/mol. The molecule has 0 bridgehead atoms. The highest BCUT2D eigenvalue weighted by Crippen LogP contribution is 2.30. The molecular weight excluding hydrogens is 432 g/mol. The van der Waals surface area contributed by atoms with E-state index in [1.165, 1.54) is 13.2 Å². The number of ether oxygens (including phenoxy) is 3. The highest BCUT2D eigenvalue weighted by Gasteiger charge is 2.15. The van der Waals surface area contributed by atoms with Crippen molar-refractivity contribution >= 4 is 23.6 Å². The van der Waals surface area contributed by atoms with Crippen LogP contribution in [0.4, 0.5) is 5.69 Å². The van der Waals surface area contributed by atoms with Gasteiger partial charge in [0.15, 0.2) is 11.5 Å². The van der Waals surface area contributed by atoms with Gasteiger partial charge in [-0.3, -0.25) is 4.79 Å². The SMILES string of the molecule is COc1ccc(C(=O)Oc2ccc(C=C(C#N)C(=O)Nc3c(C)cccc3C)cc2OC)cc1. The fourth-order valence-corrected chi connectivity index (χ4v) is 3.25. The normalized spacial score (nSPS) is 10.7. The Bertz CT molecular complexity index is 1270. The van der Waals surface area contributed by atoms with Crippen molar-refractivity contribution < 1.29 is 23.8 Å². The van der Waals surface area contributed by atoms with E-state index >= 15 is 0 Å². The number of hydrogen-bond donors (Lipinski definition) is 1. The summed E-state index contributed by atoms with van der Waals surface area (Å²) in [7, 11) is 2.98. The fourth-order valence-electron chi connectivity index (χ4n) is 3.25. The van der Waals surface area contributed by atoms with Crippen LogP contribution in [0.1, 0.15) is 27.0 Å². The molecule has 0 radical (unpaired) electrons. The van der Waals surface area contributed by atoms with E-state index in [0.717, 1.165) is 11.1 Å². The van der Waals surface area contributed by atoms with E-state index in [9.17, 15) is 14.9 Å². The zero-order valence-electron chi connectivity index (χ0n) is 19.3. The van der Waals surface area contributed by atoms with Crippen molar-refractivity contribution in [3.63, 3.8) is 0 Å². The molecule has 172 valence electrons. The van der Waals surface area contributed by atoms with E-state index < -0.39 is 11.9 Å². The lowest BCUT2D eigenvalue weighted by Gasteiger charge is -2.12. The number of rotatable bonds is 7. The summed E-state index contributed by atoms with van der Waals surface area (Å²) in [5.74, 6) is 0.0334. The lowest BCUT2D eigenvalue weighted by atomic mass is 10.1. The van der Waals surface area contributed by atoms with Crippen molar-refractivity contribution in [1.82, 2.24) is 0 Å². The summed E-state index contributed by atoms with van der Waals surface area (Å²) in [5.41, 5.74) is 3.28. The van der Waals surface area contributed by atoms with Crippen LogP contribution in [0.3, 0.4) is 0 Å². The van der Waals surface area contributed by atoms with Crippen LogP contribution in [-0.4, -0.2) is 26.1 Å². The van der Waals surface area contributed by atoms with Gasteiger partial charge in [-0.1, -0.05) is 24.3 Å². The van der Waals surface area contributed by atoms with Crippen molar-refractivity contribution in [1.29, 1.82) is 5.26 Å². The summed E-state index contributed by atoms with van der Waals surface area (Å²) in [6.45, 7) is 3.77. The van der Waals surface area contributed by atoms with Crippen LogP contribution in [0.5, 0.6) is 17.2 Å². The van der Waals surface area contributed by atoms with E-state index in [2.05, 4.69) is 5.32 Å². The second kappa shape index (κ2) is 10.8. The standard InChI is InChI=1S/C27H24N2O5/c1-17-6-5-7-18(2)25(17)29-26(30)21(16-28)14-19-8-13-23(24(15-19)33-4)34-27(31)20-9-11-22(32-3)12-10-20/h5-15H,1-4H3,(H,29,30). The molecule has 0 heterocycles. The molecular formula is C27H24N2O5. The zero-order valence-corrected chi connectivity index (χ0v) is 19.3. The van der Waals surface area contributed by atoms with Gasteiger partial charge in [0, 0.05) is 5.69 Å². The number of esters is 1. The molecule has 0 aliphatic heterocycles. The molecule has 7 heteroatoms. The third-order valence-electron chi connectivity index (χ3n) is 5.11. The molecule has 3 rings (SSSR count). The Labute approximate surface area is 198 Å². The van der Waals surface area contributed by atoms with Gasteiger partial charge in [0.25, 0.3) is 5.91 Å². The van der Waals surface area contributed by atoms with E-state index in [-0.39, 0.29) is 17.1 Å². The van der Waals surface area contributed by atoms with Gasteiger partial charge in [-0.15, -0.1) is 0 Å². The number of benzene rings is 3. The Hall–Kier alpha value is -4.57. The summed E-state index contributed by atoms with van der Waals surface area (Å²) >= 11 is 0. The Kier molecular flexibility index (Phi) is 7.67. The maximum Gasteiger partial charge on any atom is 0.343 e. The quantitative estimate of drug-likeness (QED) is 0.230. The lowest BCUT2D eigenvalue weighted by molar-refractivity contribution is -0.112. The average molecular weight is 456 g/mol. The van der Waals surface area contributed by atoms with E-state index in [1.807, 2.05) is 38.1 Å². The number of para-hydroxylation sites is 1. The summed E-state index contributed by atoms with van der Waals surface area (Å²) in [6, 6.07) is 18.9. The molecule has 0 saturated heterocycles. The third kappa shape index (κ3) is 5.61. The number of methoxy groups -OCH3 is 2. The van der Waals surface area contributed by atoms with Gasteiger partial charge in [-0.05, 0) is 73.0 Å². The number of nitrogens with one attached hydrogen (secondary N) is 1. The van der Waals surface area contributed by atoms with Crippen LogP contribution >= 0.6 is 0 Å². The van der Waals surface area contributed by atoms with Gasteiger partial charge >= 0.3 is 5.97 Å². The van der Waals surface area contributed by atoms with Gasteiger partial charge in [-0.25, -0.2) is 4.79 Å². The summed E-state index contributed by atoms with van der Waals surface area (Å²) in [6.07, 6.45) is 1.44. The van der Waals surface area contributed by atoms with Crippen molar-refractivity contribution in [2.24, 2.45) is 0 Å². The Balaban J connectivity index is 1.81. The minimum atomic E-state index is -0.560. The van der Waals surface area contributed by atoms with Gasteiger partial charge in [-0.2, -0.15) is 5.26 Å². The number of carbonyl (C=O) groups is 2. The first-order valence-corrected chi connectivity index (χ1v) is 10.4. The molecule has 0 atom stereocenters. The molecule has 0 fully saturated rings. The number of anilines is 1. The molecule has 0 saturated carbocycles. The molecule has 1 amide bonds. The number of amides is 1. The van der Waals surface area contributed by atoms with Crippen molar-refractivity contribution in [2.45, 2.75) is 13.8 Å². The average Bonchev–Trinajstić information content (AvgIpc) is 2.85. The van der Waals surface area contributed by atoms with Gasteiger partial charge in [0.2, 0.25) is 0 Å². The largest absolute Gasteiger partial charge is 0.497 e. The van der Waals surface area contributed by atoms with Crippen LogP contribution in [0.15, 0.2) is 66.2 Å². The fraction of sp³-hybridized carbons (Fsp3) is 0.148. The Morgan fingerprint density at radius 2 is 1.59 bits per heavy atom. The summed E-state index contributed by atoms with van der Waals surface area (Å²) < 4.78 is 15.9. The molecule has 3 aromatic carbocycles. The topological polar surface area (TPSA) is 97.7 Å². The van der Waals surface area contributed by atoms with Gasteiger partial charge < -0.3 is 19.5 Å². The van der Waals surface area contributed by atoms with Crippen molar-refractivity contribution in [2.75, 3.05) is 19.5 Å². The molecule has 7 nitrogen and oxygen atoms in total. The predicted octanol–water partition coefficient (Wildman–Crippen LogP) is 5.09. The first-order chi connectivity index (χ1) is 16.4. The molecule has 0 aliphatic carbocycles. The van der Waals surface area contributed by atoms with Crippen LogP contribution in [0.25, 0.3) is 6.08 Å². The molecule has 34 heavy (non-hydrogen) atoms. The van der Waals surface area contributed by atoms with Gasteiger partial charge in [0.1, 0.15) is 17.4 Å². The summed E-state index contributed by atoms with van der Waals surface area (Å²) in [4.78, 5) is 25.2.